The minimum absolute atomic E-state index is 0.0902. The molecule has 0 saturated heterocycles. The van der Waals surface area contributed by atoms with Gasteiger partial charge in [-0.25, -0.2) is 19.1 Å². The van der Waals surface area contributed by atoms with Crippen LogP contribution < -0.4 is 15.8 Å². The van der Waals surface area contributed by atoms with Crippen molar-refractivity contribution >= 4 is 18.0 Å². The Hall–Kier alpha value is -5.55. The number of nitrogens with two attached hydrogens (primary N) is 1. The van der Waals surface area contributed by atoms with Crippen molar-refractivity contribution in [1.82, 2.24) is 34.8 Å². The van der Waals surface area contributed by atoms with Gasteiger partial charge in [0.25, 0.3) is 5.91 Å². The van der Waals surface area contributed by atoms with Gasteiger partial charge in [0, 0.05) is 29.4 Å². The second kappa shape index (κ2) is 15.0. The summed E-state index contributed by atoms with van der Waals surface area (Å²) in [6.45, 7) is 4.72. The van der Waals surface area contributed by atoms with Crippen LogP contribution in [0.1, 0.15) is 75.5 Å². The lowest BCUT2D eigenvalue weighted by Gasteiger charge is -2.32. The highest BCUT2D eigenvalue weighted by Gasteiger charge is 2.40. The van der Waals surface area contributed by atoms with E-state index in [1.54, 1.807) is 0 Å². The zero-order valence-electron chi connectivity index (χ0n) is 28.8. The van der Waals surface area contributed by atoms with Gasteiger partial charge in [0.15, 0.2) is 11.7 Å². The van der Waals surface area contributed by atoms with E-state index in [0.29, 0.717) is 22.2 Å². The first-order chi connectivity index (χ1) is 24.4. The molecule has 2 amide bonds. The summed E-state index contributed by atoms with van der Waals surface area (Å²) >= 11 is 0. The molecule has 1 fully saturated rings. The number of ether oxygens (including phenoxy) is 2. The van der Waals surface area contributed by atoms with E-state index in [2.05, 4.69) is 30.2 Å². The minimum Gasteiger partial charge on any atom is -0.447 e. The minimum atomic E-state index is -5.05. The fourth-order valence-corrected chi connectivity index (χ4v) is 5.06. The molecule has 2 heterocycles. The number of rotatable bonds is 12. The van der Waals surface area contributed by atoms with Gasteiger partial charge in [-0.15, -0.1) is 13.2 Å². The zero-order valence-corrected chi connectivity index (χ0v) is 28.8. The SMILES string of the molecule is CC(C)(C)CCN=C(N)N(C(=O)c1ccc(-c2cnn(C(F)F)c2)cc1)[C@H](COC(=O)NC1(C)CC1)c1ccc(OC(F)(F)F)c(-n2cncn2)c1. The third-order valence-corrected chi connectivity index (χ3v) is 8.21. The van der Waals surface area contributed by atoms with Crippen molar-refractivity contribution in [2.24, 2.45) is 16.1 Å². The van der Waals surface area contributed by atoms with Gasteiger partial charge in [-0.05, 0) is 67.0 Å². The number of benzene rings is 2. The van der Waals surface area contributed by atoms with E-state index in [-0.39, 0.29) is 34.7 Å². The predicted octanol–water partition coefficient (Wildman–Crippen LogP) is 6.64. The molecule has 3 N–H and O–H groups in total. The Morgan fingerprint density at radius 2 is 1.79 bits per heavy atom. The molecule has 4 aromatic rings. The molecule has 1 aliphatic rings. The lowest BCUT2D eigenvalue weighted by Crippen LogP contribution is -2.47. The van der Waals surface area contributed by atoms with E-state index in [9.17, 15) is 31.5 Å². The summed E-state index contributed by atoms with van der Waals surface area (Å²) in [5.41, 5.74) is 6.92. The quantitative estimate of drug-likeness (QED) is 0.0935. The molecule has 1 saturated carbocycles. The van der Waals surface area contributed by atoms with Crippen molar-refractivity contribution in [3.05, 3.63) is 78.6 Å². The molecule has 2 aromatic carbocycles. The molecule has 0 bridgehead atoms. The number of amides is 2. The lowest BCUT2D eigenvalue weighted by molar-refractivity contribution is -0.274. The van der Waals surface area contributed by atoms with E-state index >= 15 is 0 Å². The fraction of sp³-hybridized carbons (Fsp3) is 0.412. The molecule has 0 aliphatic heterocycles. The summed E-state index contributed by atoms with van der Waals surface area (Å²) in [6.07, 6.45) is 0.936. The van der Waals surface area contributed by atoms with Gasteiger partial charge in [-0.2, -0.15) is 19.0 Å². The molecule has 18 heteroatoms. The first-order valence-corrected chi connectivity index (χ1v) is 16.2. The van der Waals surface area contributed by atoms with Gasteiger partial charge in [0.05, 0.1) is 12.2 Å². The van der Waals surface area contributed by atoms with E-state index in [1.807, 2.05) is 27.7 Å². The number of guanidine groups is 1. The average molecular weight is 732 g/mol. The molecular formula is C34H38F5N9O4. The number of alkyl carbamates (subject to hydrolysis) is 1. The Labute approximate surface area is 295 Å². The number of aromatic nitrogens is 5. The summed E-state index contributed by atoms with van der Waals surface area (Å²) < 4.78 is 77.9. The fourth-order valence-electron chi connectivity index (χ4n) is 5.06. The van der Waals surface area contributed by atoms with Gasteiger partial charge in [0.1, 0.15) is 24.9 Å². The van der Waals surface area contributed by atoms with Crippen molar-refractivity contribution in [3.8, 4) is 22.6 Å². The standard InChI is InChI=1S/C34H38F5N9O4/c1-32(2,3)13-14-42-30(40)48(28(49)22-7-5-21(6-8-22)24-16-43-46(17-24)29(35)36)26(18-51-31(50)45-33(4)11-12-33)23-9-10-27(52-34(37,38)39)25(15-23)47-20-41-19-44-47/h5-10,15-17,19-20,26,29H,11-14,18H2,1-4H3,(H2,40,42)(H,45,50)/t26-/m1/s1. The van der Waals surface area contributed by atoms with Crippen LogP contribution in [0.2, 0.25) is 0 Å². The summed E-state index contributed by atoms with van der Waals surface area (Å²) in [7, 11) is 0. The van der Waals surface area contributed by atoms with Crippen LogP contribution in [-0.4, -0.2) is 72.5 Å². The van der Waals surface area contributed by atoms with Crippen LogP contribution >= 0.6 is 0 Å². The normalized spacial score (nSPS) is 14.9. The second-order valence-electron chi connectivity index (χ2n) is 13.7. The van der Waals surface area contributed by atoms with E-state index < -0.39 is 48.8 Å². The number of halogens is 5. The van der Waals surface area contributed by atoms with Crippen LogP contribution in [0.15, 0.2) is 72.5 Å². The molecule has 1 aliphatic carbocycles. The maximum absolute atomic E-state index is 14.4. The highest BCUT2D eigenvalue weighted by molar-refractivity contribution is 6.06. The van der Waals surface area contributed by atoms with Crippen molar-refractivity contribution in [2.45, 2.75) is 71.4 Å². The molecule has 0 unspecified atom stereocenters. The number of hydrogen-bond donors (Lipinski definition) is 2. The number of carbonyl (C=O) groups is 2. The second-order valence-corrected chi connectivity index (χ2v) is 13.7. The smallest absolute Gasteiger partial charge is 0.447 e. The van der Waals surface area contributed by atoms with Gasteiger partial charge in [-0.3, -0.25) is 14.7 Å². The largest absolute Gasteiger partial charge is 0.573 e. The predicted molar refractivity (Wildman–Crippen MR) is 179 cm³/mol. The lowest BCUT2D eigenvalue weighted by atomic mass is 9.92. The summed E-state index contributed by atoms with van der Waals surface area (Å²) in [5, 5.41) is 10.4. The van der Waals surface area contributed by atoms with E-state index in [4.69, 9.17) is 10.5 Å². The molecule has 0 spiro atoms. The molecule has 2 aromatic heterocycles. The van der Waals surface area contributed by atoms with Gasteiger partial charge < -0.3 is 20.5 Å². The number of nitrogens with zero attached hydrogens (tertiary/aromatic N) is 7. The van der Waals surface area contributed by atoms with Gasteiger partial charge >= 0.3 is 19.0 Å². The monoisotopic (exact) mass is 731 g/mol. The number of hydrogen-bond acceptors (Lipinski definition) is 8. The molecule has 52 heavy (non-hydrogen) atoms. The van der Waals surface area contributed by atoms with Gasteiger partial charge in [-0.1, -0.05) is 39.0 Å². The van der Waals surface area contributed by atoms with Crippen LogP contribution in [0.4, 0.5) is 26.7 Å². The number of nitrogens with one attached hydrogen (secondary N) is 1. The topological polar surface area (TPSA) is 155 Å². The van der Waals surface area contributed by atoms with Gasteiger partial charge in [0.2, 0.25) is 0 Å². The molecule has 13 nitrogen and oxygen atoms in total. The first kappa shape index (κ1) is 37.7. The van der Waals surface area contributed by atoms with E-state index in [0.717, 1.165) is 47.3 Å². The Morgan fingerprint density at radius 3 is 2.37 bits per heavy atom. The first-order valence-electron chi connectivity index (χ1n) is 16.2. The van der Waals surface area contributed by atoms with Crippen molar-refractivity contribution < 1.29 is 41.0 Å². The molecule has 0 radical (unpaired) electrons. The highest BCUT2D eigenvalue weighted by Crippen LogP contribution is 2.36. The van der Waals surface area contributed by atoms with Crippen molar-refractivity contribution in [1.29, 1.82) is 0 Å². The van der Waals surface area contributed by atoms with Crippen LogP contribution in [0.3, 0.4) is 0 Å². The van der Waals surface area contributed by atoms with Crippen LogP contribution in [-0.2, 0) is 4.74 Å². The Morgan fingerprint density at radius 1 is 1.08 bits per heavy atom. The van der Waals surface area contributed by atoms with Crippen molar-refractivity contribution in [3.63, 3.8) is 0 Å². The van der Waals surface area contributed by atoms with Crippen LogP contribution in [0.25, 0.3) is 16.8 Å². The maximum atomic E-state index is 14.4. The summed E-state index contributed by atoms with van der Waals surface area (Å²) in [5.74, 6) is -1.57. The van der Waals surface area contributed by atoms with E-state index in [1.165, 1.54) is 42.6 Å². The summed E-state index contributed by atoms with van der Waals surface area (Å²) in [6, 6.07) is 8.34. The molecule has 1 atom stereocenters. The zero-order chi connectivity index (χ0) is 37.8. The number of carbonyl (C=O) groups excluding carboxylic acids is 2. The summed E-state index contributed by atoms with van der Waals surface area (Å²) in [4.78, 5) is 36.8. The molecular weight excluding hydrogens is 693 g/mol. The third kappa shape index (κ3) is 9.82. The molecule has 5 rings (SSSR count). The Bertz CT molecular complexity index is 1880. The Kier molecular flexibility index (Phi) is 10.9. The van der Waals surface area contributed by atoms with Crippen LogP contribution in [0, 0.1) is 5.41 Å². The number of aliphatic imine (C=N–C) groups is 1. The third-order valence-electron chi connectivity index (χ3n) is 8.21. The Balaban J connectivity index is 1.58. The molecule has 278 valence electrons. The maximum Gasteiger partial charge on any atom is 0.573 e. The average Bonchev–Trinajstić information content (AvgIpc) is 3.44. The highest BCUT2D eigenvalue weighted by atomic mass is 19.4. The number of alkyl halides is 5. The van der Waals surface area contributed by atoms with Crippen LogP contribution in [0.5, 0.6) is 5.75 Å². The van der Waals surface area contributed by atoms with Crippen molar-refractivity contribution in [2.75, 3.05) is 13.2 Å².